The first-order valence-electron chi connectivity index (χ1n) is 9.89. The van der Waals surface area contributed by atoms with Gasteiger partial charge in [-0.3, -0.25) is 13.9 Å². The number of carbonyl (C=O) groups is 3. The standard InChI is InChI=1S/C22H22N2O6S/c1-13-9-17-11-16(4-7-19(17)24(13)31(2,28)29)22(27)30-12-20(25)15-3-6-18-14(10-15)5-8-21(26)23-18/h3-4,6-7,10-11,13H,5,8-9,12H2,1-2H3,(H,23,26). The van der Waals surface area contributed by atoms with Crippen molar-refractivity contribution >= 4 is 39.1 Å². The minimum absolute atomic E-state index is 0.0519. The van der Waals surface area contributed by atoms with Crippen molar-refractivity contribution in [3.63, 3.8) is 0 Å². The molecule has 0 aromatic heterocycles. The Morgan fingerprint density at radius 2 is 1.81 bits per heavy atom. The fourth-order valence-electron chi connectivity index (χ4n) is 4.09. The Hall–Kier alpha value is -3.20. The van der Waals surface area contributed by atoms with Gasteiger partial charge in [-0.2, -0.15) is 0 Å². The van der Waals surface area contributed by atoms with Gasteiger partial charge >= 0.3 is 5.97 Å². The maximum Gasteiger partial charge on any atom is 0.338 e. The summed E-state index contributed by atoms with van der Waals surface area (Å²) in [6.07, 6.45) is 2.57. The number of anilines is 2. The third kappa shape index (κ3) is 4.18. The third-order valence-corrected chi connectivity index (χ3v) is 6.75. The number of fused-ring (bicyclic) bond motifs is 2. The first-order valence-corrected chi connectivity index (χ1v) is 11.7. The van der Waals surface area contributed by atoms with Crippen LogP contribution in [-0.2, 0) is 32.4 Å². The highest BCUT2D eigenvalue weighted by Gasteiger charge is 2.33. The second-order valence-electron chi connectivity index (χ2n) is 7.87. The summed E-state index contributed by atoms with van der Waals surface area (Å²) in [5.74, 6) is -1.04. The van der Waals surface area contributed by atoms with E-state index in [1.807, 2.05) is 6.92 Å². The molecule has 2 aromatic rings. The van der Waals surface area contributed by atoms with E-state index in [-0.39, 0.29) is 23.3 Å². The SMILES string of the molecule is CC1Cc2cc(C(=O)OCC(=O)c3ccc4c(c3)CCC(=O)N4)ccc2N1S(C)(=O)=O. The lowest BCUT2D eigenvalue weighted by molar-refractivity contribution is -0.116. The molecule has 0 radical (unpaired) electrons. The van der Waals surface area contributed by atoms with Crippen LogP contribution in [0.4, 0.5) is 11.4 Å². The number of nitrogens with one attached hydrogen (secondary N) is 1. The number of carbonyl (C=O) groups excluding carboxylic acids is 3. The molecule has 0 aliphatic carbocycles. The van der Waals surface area contributed by atoms with Gasteiger partial charge < -0.3 is 10.1 Å². The molecule has 162 valence electrons. The van der Waals surface area contributed by atoms with Crippen molar-refractivity contribution in [2.45, 2.75) is 32.2 Å². The second-order valence-corrected chi connectivity index (χ2v) is 9.73. The fourth-order valence-corrected chi connectivity index (χ4v) is 5.35. The number of esters is 1. The highest BCUT2D eigenvalue weighted by Crippen LogP contribution is 2.34. The topological polar surface area (TPSA) is 110 Å². The number of benzene rings is 2. The number of ether oxygens (including phenoxy) is 1. The summed E-state index contributed by atoms with van der Waals surface area (Å²) in [4.78, 5) is 36.4. The zero-order valence-corrected chi connectivity index (χ0v) is 18.0. The van der Waals surface area contributed by atoms with Crippen molar-refractivity contribution in [1.82, 2.24) is 0 Å². The average Bonchev–Trinajstić information content (AvgIpc) is 3.06. The summed E-state index contributed by atoms with van der Waals surface area (Å²) < 4.78 is 30.6. The van der Waals surface area contributed by atoms with Gasteiger partial charge in [0, 0.05) is 23.7 Å². The number of Topliss-reactive ketones (excluding diaryl/α,β-unsaturated/α-hetero) is 1. The highest BCUT2D eigenvalue weighted by molar-refractivity contribution is 7.92. The van der Waals surface area contributed by atoms with Gasteiger partial charge in [-0.05, 0) is 67.3 Å². The predicted molar refractivity (Wildman–Crippen MR) is 115 cm³/mol. The van der Waals surface area contributed by atoms with Crippen molar-refractivity contribution in [3.05, 3.63) is 58.7 Å². The molecule has 0 saturated heterocycles. The molecule has 9 heteroatoms. The van der Waals surface area contributed by atoms with Gasteiger partial charge in [-0.1, -0.05) is 0 Å². The largest absolute Gasteiger partial charge is 0.454 e. The normalized spacial score (nSPS) is 17.5. The van der Waals surface area contributed by atoms with Crippen LogP contribution in [0.2, 0.25) is 0 Å². The van der Waals surface area contributed by atoms with Crippen molar-refractivity contribution in [2.75, 3.05) is 22.5 Å². The van der Waals surface area contributed by atoms with Gasteiger partial charge in [0.25, 0.3) is 0 Å². The number of amides is 1. The number of hydrogen-bond acceptors (Lipinski definition) is 6. The van der Waals surface area contributed by atoms with E-state index in [0.717, 1.165) is 17.4 Å². The van der Waals surface area contributed by atoms with E-state index >= 15 is 0 Å². The molecule has 8 nitrogen and oxygen atoms in total. The van der Waals surface area contributed by atoms with E-state index in [0.29, 0.717) is 36.2 Å². The van der Waals surface area contributed by atoms with E-state index in [9.17, 15) is 22.8 Å². The van der Waals surface area contributed by atoms with Crippen LogP contribution in [-0.4, -0.2) is 45.0 Å². The zero-order chi connectivity index (χ0) is 22.3. The third-order valence-electron chi connectivity index (χ3n) is 5.48. The van der Waals surface area contributed by atoms with Crippen LogP contribution < -0.4 is 9.62 Å². The lowest BCUT2D eigenvalue weighted by Crippen LogP contribution is -2.34. The number of rotatable bonds is 5. The summed E-state index contributed by atoms with van der Waals surface area (Å²) in [5, 5.41) is 2.76. The summed E-state index contributed by atoms with van der Waals surface area (Å²) in [5.41, 5.74) is 3.55. The number of ketones is 1. The molecule has 0 fully saturated rings. The molecular weight excluding hydrogens is 420 g/mol. The van der Waals surface area contributed by atoms with Crippen molar-refractivity contribution in [2.24, 2.45) is 0 Å². The summed E-state index contributed by atoms with van der Waals surface area (Å²) in [6, 6.07) is 9.46. The molecule has 0 bridgehead atoms. The van der Waals surface area contributed by atoms with Crippen LogP contribution in [0.25, 0.3) is 0 Å². The van der Waals surface area contributed by atoms with Gasteiger partial charge in [0.15, 0.2) is 12.4 Å². The molecule has 31 heavy (non-hydrogen) atoms. The van der Waals surface area contributed by atoms with E-state index in [1.54, 1.807) is 30.3 Å². The van der Waals surface area contributed by atoms with Gasteiger partial charge in [0.1, 0.15) is 0 Å². The fraction of sp³-hybridized carbons (Fsp3) is 0.318. The van der Waals surface area contributed by atoms with Crippen LogP contribution in [0, 0.1) is 0 Å². The van der Waals surface area contributed by atoms with Crippen molar-refractivity contribution in [1.29, 1.82) is 0 Å². The van der Waals surface area contributed by atoms with Gasteiger partial charge in [0.2, 0.25) is 15.9 Å². The summed E-state index contributed by atoms with van der Waals surface area (Å²) >= 11 is 0. The highest BCUT2D eigenvalue weighted by atomic mass is 32.2. The van der Waals surface area contributed by atoms with Crippen LogP contribution in [0.5, 0.6) is 0 Å². The lowest BCUT2D eigenvalue weighted by atomic mass is 9.99. The van der Waals surface area contributed by atoms with Crippen LogP contribution in [0.3, 0.4) is 0 Å². The Bertz CT molecular complexity index is 1200. The minimum atomic E-state index is -3.41. The lowest BCUT2D eigenvalue weighted by Gasteiger charge is -2.21. The monoisotopic (exact) mass is 442 g/mol. The van der Waals surface area contributed by atoms with Crippen molar-refractivity contribution in [3.8, 4) is 0 Å². The Labute approximate surface area is 180 Å². The van der Waals surface area contributed by atoms with Gasteiger partial charge in [0.05, 0.1) is 17.5 Å². The average molecular weight is 442 g/mol. The predicted octanol–water partition coefficient (Wildman–Crippen LogP) is 2.32. The maximum atomic E-state index is 12.5. The van der Waals surface area contributed by atoms with E-state index < -0.39 is 22.6 Å². The number of hydrogen-bond donors (Lipinski definition) is 1. The Morgan fingerprint density at radius 1 is 1.10 bits per heavy atom. The van der Waals surface area contributed by atoms with E-state index in [1.165, 1.54) is 10.4 Å². The molecule has 0 saturated carbocycles. The van der Waals surface area contributed by atoms with Crippen LogP contribution >= 0.6 is 0 Å². The summed E-state index contributed by atoms with van der Waals surface area (Å²) in [6.45, 7) is 1.40. The zero-order valence-electron chi connectivity index (χ0n) is 17.2. The Kier molecular flexibility index (Phi) is 5.30. The molecule has 0 spiro atoms. The molecule has 2 aliphatic heterocycles. The smallest absolute Gasteiger partial charge is 0.338 e. The Balaban J connectivity index is 1.43. The second kappa shape index (κ2) is 7.81. The summed E-state index contributed by atoms with van der Waals surface area (Å²) in [7, 11) is -3.41. The molecule has 2 aliphatic rings. The van der Waals surface area contributed by atoms with Crippen LogP contribution in [0.15, 0.2) is 36.4 Å². The number of aryl methyl sites for hydroxylation is 1. The first-order chi connectivity index (χ1) is 14.6. The van der Waals surface area contributed by atoms with Crippen LogP contribution in [0.1, 0.15) is 45.2 Å². The minimum Gasteiger partial charge on any atom is -0.454 e. The molecule has 2 aromatic carbocycles. The Morgan fingerprint density at radius 3 is 2.55 bits per heavy atom. The first kappa shape index (κ1) is 21.0. The van der Waals surface area contributed by atoms with Crippen molar-refractivity contribution < 1.29 is 27.5 Å². The van der Waals surface area contributed by atoms with E-state index in [4.69, 9.17) is 4.74 Å². The van der Waals surface area contributed by atoms with Gasteiger partial charge in [-0.25, -0.2) is 13.2 Å². The molecule has 2 heterocycles. The molecule has 1 unspecified atom stereocenters. The number of sulfonamides is 1. The molecule has 4 rings (SSSR count). The molecule has 1 N–H and O–H groups in total. The van der Waals surface area contributed by atoms with E-state index in [2.05, 4.69) is 5.32 Å². The van der Waals surface area contributed by atoms with Gasteiger partial charge in [-0.15, -0.1) is 0 Å². The quantitative estimate of drug-likeness (QED) is 0.562. The maximum absolute atomic E-state index is 12.5. The number of nitrogens with zero attached hydrogens (tertiary/aromatic N) is 1. The molecular formula is C22H22N2O6S. The molecule has 1 amide bonds. The molecule has 1 atom stereocenters.